The van der Waals surface area contributed by atoms with Crippen LogP contribution >= 0.6 is 0 Å². The lowest BCUT2D eigenvalue weighted by atomic mass is 10.1. The van der Waals surface area contributed by atoms with E-state index in [4.69, 9.17) is 9.84 Å². The van der Waals surface area contributed by atoms with Crippen molar-refractivity contribution < 1.29 is 14.6 Å². The Kier molecular flexibility index (Phi) is 6.29. The quantitative estimate of drug-likeness (QED) is 0.708. The smallest absolute Gasteiger partial charge is 0.250 e. The average molecular weight is 237 g/mol. The van der Waals surface area contributed by atoms with Crippen molar-refractivity contribution in [3.63, 3.8) is 0 Å². The Bertz CT molecular complexity index is 335. The van der Waals surface area contributed by atoms with Gasteiger partial charge in [-0.25, -0.2) is 0 Å². The van der Waals surface area contributed by atoms with Crippen molar-refractivity contribution in [1.29, 1.82) is 0 Å². The minimum Gasteiger partial charge on any atom is -0.396 e. The predicted molar refractivity (Wildman–Crippen MR) is 67.0 cm³/mol. The van der Waals surface area contributed by atoms with Gasteiger partial charge in [0.25, 0.3) is 0 Å². The molecule has 0 aliphatic heterocycles. The molecule has 1 rings (SSSR count). The number of aliphatic hydroxyl groups excluding tert-OH is 1. The van der Waals surface area contributed by atoms with Gasteiger partial charge in [-0.3, -0.25) is 4.79 Å². The van der Waals surface area contributed by atoms with Crippen LogP contribution < -0.4 is 5.32 Å². The second-order valence-corrected chi connectivity index (χ2v) is 3.77. The highest BCUT2D eigenvalue weighted by atomic mass is 16.5. The maximum Gasteiger partial charge on any atom is 0.250 e. The predicted octanol–water partition coefficient (Wildman–Crippen LogP) is 1.59. The fraction of sp³-hybridized carbons (Fsp3) is 0.462. The SMILES string of the molecule is CCCOCC(=O)Nc1ccc(CCO)cc1. The van der Waals surface area contributed by atoms with Gasteiger partial charge in [-0.1, -0.05) is 19.1 Å². The molecule has 0 atom stereocenters. The first-order valence-electron chi connectivity index (χ1n) is 5.83. The summed E-state index contributed by atoms with van der Waals surface area (Å²) in [6.45, 7) is 2.82. The molecule has 0 saturated carbocycles. The van der Waals surface area contributed by atoms with Gasteiger partial charge in [-0.05, 0) is 30.5 Å². The van der Waals surface area contributed by atoms with E-state index < -0.39 is 0 Å². The first-order valence-corrected chi connectivity index (χ1v) is 5.83. The van der Waals surface area contributed by atoms with Crippen LogP contribution in [0.15, 0.2) is 24.3 Å². The molecule has 0 spiro atoms. The normalized spacial score (nSPS) is 10.2. The maximum atomic E-state index is 11.4. The second-order valence-electron chi connectivity index (χ2n) is 3.77. The molecule has 1 aromatic rings. The van der Waals surface area contributed by atoms with E-state index in [1.54, 1.807) is 0 Å². The zero-order valence-corrected chi connectivity index (χ0v) is 10.1. The van der Waals surface area contributed by atoms with E-state index in [2.05, 4.69) is 5.32 Å². The topological polar surface area (TPSA) is 58.6 Å². The van der Waals surface area contributed by atoms with Gasteiger partial charge in [-0.15, -0.1) is 0 Å². The molecule has 4 nitrogen and oxygen atoms in total. The summed E-state index contributed by atoms with van der Waals surface area (Å²) in [5, 5.41) is 11.5. The summed E-state index contributed by atoms with van der Waals surface area (Å²) in [6.07, 6.45) is 1.54. The lowest BCUT2D eigenvalue weighted by Gasteiger charge is -2.06. The second kappa shape index (κ2) is 7.81. The molecule has 0 fully saturated rings. The largest absolute Gasteiger partial charge is 0.396 e. The number of ether oxygens (including phenoxy) is 1. The van der Waals surface area contributed by atoms with Crippen molar-refractivity contribution in [2.45, 2.75) is 19.8 Å². The molecule has 0 aliphatic carbocycles. The fourth-order valence-electron chi connectivity index (χ4n) is 1.39. The minimum absolute atomic E-state index is 0.0895. The summed E-state index contributed by atoms with van der Waals surface area (Å²) in [7, 11) is 0. The number of aliphatic hydroxyl groups is 1. The summed E-state index contributed by atoms with van der Waals surface area (Å²) in [4.78, 5) is 11.4. The molecule has 0 heterocycles. The van der Waals surface area contributed by atoms with Crippen LogP contribution in [0.25, 0.3) is 0 Å². The number of carbonyl (C=O) groups is 1. The lowest BCUT2D eigenvalue weighted by Crippen LogP contribution is -2.18. The summed E-state index contributed by atoms with van der Waals surface area (Å²) < 4.78 is 5.13. The van der Waals surface area contributed by atoms with Crippen LogP contribution in [0.2, 0.25) is 0 Å². The zero-order chi connectivity index (χ0) is 12.5. The van der Waals surface area contributed by atoms with Gasteiger partial charge < -0.3 is 15.2 Å². The molecule has 1 aromatic carbocycles. The third-order valence-corrected chi connectivity index (χ3v) is 2.22. The van der Waals surface area contributed by atoms with Gasteiger partial charge in [0.2, 0.25) is 5.91 Å². The standard InChI is InChI=1S/C13H19NO3/c1-2-9-17-10-13(16)14-12-5-3-11(4-6-12)7-8-15/h3-6,15H,2,7-10H2,1H3,(H,14,16). The first-order chi connectivity index (χ1) is 8.26. The number of amides is 1. The zero-order valence-electron chi connectivity index (χ0n) is 10.1. The van der Waals surface area contributed by atoms with E-state index in [9.17, 15) is 4.79 Å². The van der Waals surface area contributed by atoms with E-state index in [0.717, 1.165) is 17.7 Å². The molecular weight excluding hydrogens is 218 g/mol. The van der Waals surface area contributed by atoms with E-state index in [-0.39, 0.29) is 19.1 Å². The molecular formula is C13H19NO3. The van der Waals surface area contributed by atoms with E-state index in [0.29, 0.717) is 13.0 Å². The fourth-order valence-corrected chi connectivity index (χ4v) is 1.39. The molecule has 0 radical (unpaired) electrons. The molecule has 94 valence electrons. The monoisotopic (exact) mass is 237 g/mol. The Morgan fingerprint density at radius 1 is 1.35 bits per heavy atom. The molecule has 0 aromatic heterocycles. The number of rotatable bonds is 7. The first kappa shape index (κ1) is 13.7. The van der Waals surface area contributed by atoms with Crippen LogP contribution in [0.1, 0.15) is 18.9 Å². The summed E-state index contributed by atoms with van der Waals surface area (Å²) in [6, 6.07) is 7.42. The maximum absolute atomic E-state index is 11.4. The Balaban J connectivity index is 2.37. The highest BCUT2D eigenvalue weighted by Crippen LogP contribution is 2.09. The van der Waals surface area contributed by atoms with Gasteiger partial charge in [0, 0.05) is 18.9 Å². The number of benzene rings is 1. The van der Waals surface area contributed by atoms with E-state index in [1.807, 2.05) is 31.2 Å². The lowest BCUT2D eigenvalue weighted by molar-refractivity contribution is -0.120. The molecule has 17 heavy (non-hydrogen) atoms. The van der Waals surface area contributed by atoms with Gasteiger partial charge in [0.05, 0.1) is 0 Å². The average Bonchev–Trinajstić information content (AvgIpc) is 2.32. The third kappa shape index (κ3) is 5.47. The molecule has 0 saturated heterocycles. The number of hydrogen-bond acceptors (Lipinski definition) is 3. The Hall–Kier alpha value is -1.39. The molecule has 1 amide bonds. The number of nitrogens with one attached hydrogen (secondary N) is 1. The van der Waals surface area contributed by atoms with Crippen molar-refractivity contribution in [3.8, 4) is 0 Å². The summed E-state index contributed by atoms with van der Waals surface area (Å²) in [5.41, 5.74) is 1.80. The van der Waals surface area contributed by atoms with Crippen LogP contribution in [0, 0.1) is 0 Å². The van der Waals surface area contributed by atoms with Gasteiger partial charge >= 0.3 is 0 Å². The molecule has 2 N–H and O–H groups in total. The van der Waals surface area contributed by atoms with Gasteiger partial charge in [0.15, 0.2) is 0 Å². The van der Waals surface area contributed by atoms with Crippen LogP contribution in [-0.4, -0.2) is 30.8 Å². The van der Waals surface area contributed by atoms with Crippen molar-refractivity contribution in [1.82, 2.24) is 0 Å². The summed E-state index contributed by atoms with van der Waals surface area (Å²) in [5.74, 6) is -0.145. The van der Waals surface area contributed by atoms with Crippen LogP contribution in [-0.2, 0) is 16.0 Å². The van der Waals surface area contributed by atoms with Crippen molar-refractivity contribution in [3.05, 3.63) is 29.8 Å². The highest BCUT2D eigenvalue weighted by molar-refractivity contribution is 5.91. The Morgan fingerprint density at radius 3 is 2.65 bits per heavy atom. The van der Waals surface area contributed by atoms with Crippen molar-refractivity contribution >= 4 is 11.6 Å². The molecule has 0 unspecified atom stereocenters. The van der Waals surface area contributed by atoms with Crippen molar-refractivity contribution in [2.75, 3.05) is 25.1 Å². The van der Waals surface area contributed by atoms with Crippen LogP contribution in [0.5, 0.6) is 0 Å². The minimum atomic E-state index is -0.145. The van der Waals surface area contributed by atoms with Crippen LogP contribution in [0.4, 0.5) is 5.69 Å². The highest BCUT2D eigenvalue weighted by Gasteiger charge is 2.02. The van der Waals surface area contributed by atoms with Gasteiger partial charge in [-0.2, -0.15) is 0 Å². The molecule has 0 aliphatic rings. The van der Waals surface area contributed by atoms with Crippen molar-refractivity contribution in [2.24, 2.45) is 0 Å². The van der Waals surface area contributed by atoms with E-state index >= 15 is 0 Å². The third-order valence-electron chi connectivity index (χ3n) is 2.22. The number of anilines is 1. The molecule has 0 bridgehead atoms. The summed E-state index contributed by atoms with van der Waals surface area (Å²) >= 11 is 0. The number of hydrogen-bond donors (Lipinski definition) is 2. The van der Waals surface area contributed by atoms with E-state index in [1.165, 1.54) is 0 Å². The van der Waals surface area contributed by atoms with Crippen LogP contribution in [0.3, 0.4) is 0 Å². The Labute approximate surface area is 102 Å². The molecule has 4 heteroatoms. The van der Waals surface area contributed by atoms with Gasteiger partial charge in [0.1, 0.15) is 6.61 Å². The Morgan fingerprint density at radius 2 is 2.06 bits per heavy atom. The number of carbonyl (C=O) groups excluding carboxylic acids is 1.